The van der Waals surface area contributed by atoms with Crippen LogP contribution in [0.5, 0.6) is 11.5 Å². The Kier molecular flexibility index (Phi) is 4.86. The first-order valence-electron chi connectivity index (χ1n) is 6.01. The van der Waals surface area contributed by atoms with Crippen LogP contribution in [0.2, 0.25) is 5.02 Å². The van der Waals surface area contributed by atoms with E-state index in [4.69, 9.17) is 16.3 Å². The highest BCUT2D eigenvalue weighted by Crippen LogP contribution is 2.35. The van der Waals surface area contributed by atoms with Crippen LogP contribution in [0.25, 0.3) is 0 Å². The second-order valence-electron chi connectivity index (χ2n) is 4.14. The van der Waals surface area contributed by atoms with Crippen LogP contribution in [-0.4, -0.2) is 5.11 Å². The van der Waals surface area contributed by atoms with Crippen molar-refractivity contribution in [2.75, 3.05) is 0 Å². The van der Waals surface area contributed by atoms with Crippen molar-refractivity contribution < 1.29 is 9.84 Å². The molecule has 0 saturated heterocycles. The van der Waals surface area contributed by atoms with Gasteiger partial charge in [0, 0.05) is 10.0 Å². The number of hydrogen-bond acceptors (Lipinski definition) is 2. The van der Waals surface area contributed by atoms with Crippen molar-refractivity contribution in [2.24, 2.45) is 0 Å². The summed E-state index contributed by atoms with van der Waals surface area (Å²) in [4.78, 5) is 0. The van der Waals surface area contributed by atoms with Crippen molar-refractivity contribution in [2.45, 2.75) is 19.4 Å². The molecule has 0 radical (unpaired) electrons. The van der Waals surface area contributed by atoms with Crippen LogP contribution in [-0.2, 0) is 0 Å². The van der Waals surface area contributed by atoms with Crippen LogP contribution in [0, 0.1) is 0 Å². The molecule has 2 aromatic carbocycles. The van der Waals surface area contributed by atoms with Gasteiger partial charge in [-0.05, 0) is 30.7 Å². The number of para-hydroxylation sites is 1. The van der Waals surface area contributed by atoms with E-state index in [0.717, 1.165) is 10.0 Å². The summed E-state index contributed by atoms with van der Waals surface area (Å²) in [5.41, 5.74) is 0.768. The summed E-state index contributed by atoms with van der Waals surface area (Å²) < 4.78 is 6.70. The van der Waals surface area contributed by atoms with Crippen molar-refractivity contribution in [1.82, 2.24) is 0 Å². The van der Waals surface area contributed by atoms with Gasteiger partial charge in [0.15, 0.2) is 0 Å². The molecule has 2 nitrogen and oxygen atoms in total. The van der Waals surface area contributed by atoms with Crippen molar-refractivity contribution in [3.05, 3.63) is 57.5 Å². The molecule has 1 atom stereocenters. The van der Waals surface area contributed by atoms with E-state index in [1.165, 1.54) is 0 Å². The summed E-state index contributed by atoms with van der Waals surface area (Å²) in [5, 5.41) is 10.5. The Morgan fingerprint density at radius 2 is 1.95 bits per heavy atom. The number of aliphatic hydroxyl groups is 1. The zero-order valence-electron chi connectivity index (χ0n) is 10.4. The zero-order chi connectivity index (χ0) is 13.8. The minimum atomic E-state index is -0.537. The van der Waals surface area contributed by atoms with Gasteiger partial charge in [0.2, 0.25) is 0 Å². The van der Waals surface area contributed by atoms with Crippen LogP contribution >= 0.6 is 27.5 Å². The molecule has 0 amide bonds. The van der Waals surface area contributed by atoms with Crippen molar-refractivity contribution >= 4 is 27.5 Å². The Morgan fingerprint density at radius 1 is 1.21 bits per heavy atom. The van der Waals surface area contributed by atoms with Gasteiger partial charge in [-0.2, -0.15) is 0 Å². The van der Waals surface area contributed by atoms with E-state index in [1.807, 2.05) is 37.3 Å². The van der Waals surface area contributed by atoms with Crippen LogP contribution in [0.1, 0.15) is 25.0 Å². The molecule has 19 heavy (non-hydrogen) atoms. The van der Waals surface area contributed by atoms with E-state index in [9.17, 15) is 5.11 Å². The van der Waals surface area contributed by atoms with E-state index in [1.54, 1.807) is 12.1 Å². The van der Waals surface area contributed by atoms with Gasteiger partial charge < -0.3 is 9.84 Å². The first-order valence-corrected chi connectivity index (χ1v) is 7.18. The van der Waals surface area contributed by atoms with Crippen molar-refractivity contribution in [3.8, 4) is 11.5 Å². The number of hydrogen-bond donors (Lipinski definition) is 1. The summed E-state index contributed by atoms with van der Waals surface area (Å²) in [5.74, 6) is 1.20. The second-order valence-corrected chi connectivity index (χ2v) is 5.46. The van der Waals surface area contributed by atoms with Crippen molar-refractivity contribution in [3.63, 3.8) is 0 Å². The molecule has 0 aliphatic heterocycles. The maximum atomic E-state index is 9.98. The van der Waals surface area contributed by atoms with Crippen LogP contribution in [0.15, 0.2) is 46.9 Å². The van der Waals surface area contributed by atoms with E-state index in [-0.39, 0.29) is 0 Å². The Balaban J connectivity index is 2.33. The normalized spacial score (nSPS) is 12.2. The SMILES string of the molecule is CC[C@@H](O)c1ccccc1Oc1ccc(Br)cc1Cl. The number of aliphatic hydroxyl groups excluding tert-OH is 1. The number of ether oxygens (including phenoxy) is 1. The first-order chi connectivity index (χ1) is 9.11. The standard InChI is InChI=1S/C15H14BrClO2/c1-2-13(18)11-5-3-4-6-14(11)19-15-8-7-10(16)9-12(15)17/h3-9,13,18H,2H2,1H3/t13-/m1/s1. The third kappa shape index (κ3) is 3.50. The highest BCUT2D eigenvalue weighted by molar-refractivity contribution is 9.10. The van der Waals surface area contributed by atoms with Gasteiger partial charge in [0.1, 0.15) is 11.5 Å². The molecule has 1 N–H and O–H groups in total. The van der Waals surface area contributed by atoms with Crippen molar-refractivity contribution in [1.29, 1.82) is 0 Å². The summed E-state index contributed by atoms with van der Waals surface area (Å²) >= 11 is 9.48. The van der Waals surface area contributed by atoms with Gasteiger partial charge in [-0.1, -0.05) is 52.7 Å². The summed E-state index contributed by atoms with van der Waals surface area (Å²) in [7, 11) is 0. The fraction of sp³-hybridized carbons (Fsp3) is 0.200. The molecule has 0 aliphatic carbocycles. The molecule has 4 heteroatoms. The fourth-order valence-corrected chi connectivity index (χ4v) is 2.46. The van der Waals surface area contributed by atoms with E-state index >= 15 is 0 Å². The summed E-state index contributed by atoms with van der Waals surface area (Å²) in [6.07, 6.45) is 0.0967. The van der Waals surface area contributed by atoms with Crippen LogP contribution in [0.4, 0.5) is 0 Å². The highest BCUT2D eigenvalue weighted by atomic mass is 79.9. The first kappa shape index (κ1) is 14.4. The van der Waals surface area contributed by atoms with Gasteiger partial charge in [0.25, 0.3) is 0 Å². The molecule has 0 aromatic heterocycles. The summed E-state index contributed by atoms with van der Waals surface area (Å²) in [6.45, 7) is 1.92. The Morgan fingerprint density at radius 3 is 2.63 bits per heavy atom. The minimum Gasteiger partial charge on any atom is -0.455 e. The lowest BCUT2D eigenvalue weighted by atomic mass is 10.1. The molecule has 2 rings (SSSR count). The van der Waals surface area contributed by atoms with Gasteiger partial charge in [-0.15, -0.1) is 0 Å². The second kappa shape index (κ2) is 6.42. The van der Waals surface area contributed by atoms with E-state index < -0.39 is 6.10 Å². The third-order valence-corrected chi connectivity index (χ3v) is 3.57. The molecule has 0 unspecified atom stereocenters. The Labute approximate surface area is 126 Å². The van der Waals surface area contributed by atoms with E-state index in [2.05, 4.69) is 15.9 Å². The lowest BCUT2D eigenvalue weighted by molar-refractivity contribution is 0.170. The minimum absolute atomic E-state index is 0.523. The lowest BCUT2D eigenvalue weighted by Gasteiger charge is -2.15. The number of rotatable bonds is 4. The Hall–Kier alpha value is -1.03. The molecule has 0 aliphatic rings. The molecule has 0 bridgehead atoms. The quantitative estimate of drug-likeness (QED) is 0.813. The topological polar surface area (TPSA) is 29.5 Å². The molecule has 0 saturated carbocycles. The molecule has 2 aromatic rings. The monoisotopic (exact) mass is 340 g/mol. The molecule has 0 heterocycles. The molecule has 0 fully saturated rings. The maximum absolute atomic E-state index is 9.98. The largest absolute Gasteiger partial charge is 0.455 e. The predicted molar refractivity (Wildman–Crippen MR) is 80.9 cm³/mol. The zero-order valence-corrected chi connectivity index (χ0v) is 12.8. The lowest BCUT2D eigenvalue weighted by Crippen LogP contribution is -1.98. The average molecular weight is 342 g/mol. The maximum Gasteiger partial charge on any atom is 0.146 e. The smallest absolute Gasteiger partial charge is 0.146 e. The molecule has 100 valence electrons. The molecular formula is C15H14BrClO2. The Bertz CT molecular complexity index is 572. The highest BCUT2D eigenvalue weighted by Gasteiger charge is 2.13. The van der Waals surface area contributed by atoms with Gasteiger partial charge in [-0.25, -0.2) is 0 Å². The van der Waals surface area contributed by atoms with E-state index in [0.29, 0.717) is 22.9 Å². The fourth-order valence-electron chi connectivity index (χ4n) is 1.75. The van der Waals surface area contributed by atoms with Gasteiger partial charge in [0.05, 0.1) is 11.1 Å². The van der Waals surface area contributed by atoms with Crippen LogP contribution < -0.4 is 4.74 Å². The molecule has 0 spiro atoms. The average Bonchev–Trinajstić information content (AvgIpc) is 2.41. The molecular weight excluding hydrogens is 328 g/mol. The number of benzene rings is 2. The number of halogens is 2. The van der Waals surface area contributed by atoms with Gasteiger partial charge >= 0.3 is 0 Å². The predicted octanol–water partition coefficient (Wildman–Crippen LogP) is 5.34. The third-order valence-electron chi connectivity index (χ3n) is 2.78. The van der Waals surface area contributed by atoms with Crippen LogP contribution in [0.3, 0.4) is 0 Å². The van der Waals surface area contributed by atoms with Gasteiger partial charge in [-0.3, -0.25) is 0 Å². The summed E-state index contributed by atoms with van der Waals surface area (Å²) in [6, 6.07) is 12.9.